The number of hydrogen-bond donors (Lipinski definition) is 1. The molecule has 82 valence electrons. The fourth-order valence-electron chi connectivity index (χ4n) is 1.46. The van der Waals surface area contributed by atoms with Gasteiger partial charge in [-0.25, -0.2) is 0 Å². The number of nitrogens with one attached hydrogen (secondary N) is 1. The summed E-state index contributed by atoms with van der Waals surface area (Å²) in [6, 6.07) is 7.86. The maximum atomic E-state index is 11.8. The fraction of sp³-hybridized carbons (Fsp3) is 0.154. The van der Waals surface area contributed by atoms with Crippen molar-refractivity contribution in [2.75, 3.05) is 5.32 Å². The molecule has 0 aliphatic heterocycles. The van der Waals surface area contributed by atoms with Crippen LogP contribution in [0.5, 0.6) is 0 Å². The van der Waals surface area contributed by atoms with Crippen molar-refractivity contribution in [1.82, 2.24) is 0 Å². The number of hydrogen-bond acceptors (Lipinski definition) is 2. The summed E-state index contributed by atoms with van der Waals surface area (Å²) < 4.78 is 0. The molecule has 0 spiro atoms. The molecule has 0 saturated carbocycles. The SMILES string of the molecule is Cc1ccc(C)c(NC(=O)c2ccsc2)c1. The molecule has 1 aromatic heterocycles. The topological polar surface area (TPSA) is 29.1 Å². The first kappa shape index (κ1) is 10.9. The third-order valence-electron chi connectivity index (χ3n) is 2.42. The summed E-state index contributed by atoms with van der Waals surface area (Å²) in [7, 11) is 0. The highest BCUT2D eigenvalue weighted by atomic mass is 32.1. The molecular formula is C13H13NOS. The van der Waals surface area contributed by atoms with Crippen LogP contribution in [0.4, 0.5) is 5.69 Å². The number of aryl methyl sites for hydroxylation is 2. The molecule has 0 saturated heterocycles. The van der Waals surface area contributed by atoms with Gasteiger partial charge in [0, 0.05) is 11.1 Å². The van der Waals surface area contributed by atoms with Crippen LogP contribution in [0.1, 0.15) is 21.5 Å². The molecule has 1 N–H and O–H groups in total. The third kappa shape index (κ3) is 2.31. The summed E-state index contributed by atoms with van der Waals surface area (Å²) in [6.07, 6.45) is 0. The zero-order valence-corrected chi connectivity index (χ0v) is 10.1. The summed E-state index contributed by atoms with van der Waals surface area (Å²) in [5.74, 6) is -0.0463. The summed E-state index contributed by atoms with van der Waals surface area (Å²) >= 11 is 1.52. The summed E-state index contributed by atoms with van der Waals surface area (Å²) in [4.78, 5) is 11.8. The Morgan fingerprint density at radius 1 is 1.25 bits per heavy atom. The van der Waals surface area contributed by atoms with Gasteiger partial charge in [-0.15, -0.1) is 0 Å². The van der Waals surface area contributed by atoms with Crippen LogP contribution in [0.15, 0.2) is 35.0 Å². The van der Waals surface area contributed by atoms with Gasteiger partial charge in [-0.1, -0.05) is 12.1 Å². The summed E-state index contributed by atoms with van der Waals surface area (Å²) in [5, 5.41) is 6.67. The van der Waals surface area contributed by atoms with Gasteiger partial charge in [0.2, 0.25) is 0 Å². The molecule has 3 heteroatoms. The zero-order chi connectivity index (χ0) is 11.5. The number of anilines is 1. The number of carbonyl (C=O) groups excluding carboxylic acids is 1. The van der Waals surface area contributed by atoms with Crippen molar-refractivity contribution in [2.24, 2.45) is 0 Å². The van der Waals surface area contributed by atoms with Crippen molar-refractivity contribution < 1.29 is 4.79 Å². The van der Waals surface area contributed by atoms with E-state index in [1.54, 1.807) is 0 Å². The van der Waals surface area contributed by atoms with Crippen LogP contribution in [-0.4, -0.2) is 5.91 Å². The van der Waals surface area contributed by atoms with E-state index >= 15 is 0 Å². The third-order valence-corrected chi connectivity index (χ3v) is 3.11. The van der Waals surface area contributed by atoms with Gasteiger partial charge in [-0.3, -0.25) is 4.79 Å². The van der Waals surface area contributed by atoms with Crippen molar-refractivity contribution in [3.8, 4) is 0 Å². The zero-order valence-electron chi connectivity index (χ0n) is 9.28. The molecule has 0 radical (unpaired) electrons. The van der Waals surface area contributed by atoms with Gasteiger partial charge in [0.25, 0.3) is 5.91 Å². The van der Waals surface area contributed by atoms with E-state index in [-0.39, 0.29) is 5.91 Å². The van der Waals surface area contributed by atoms with Crippen LogP contribution < -0.4 is 5.32 Å². The molecule has 2 rings (SSSR count). The molecule has 2 nitrogen and oxygen atoms in total. The van der Waals surface area contributed by atoms with Gasteiger partial charge in [-0.05, 0) is 42.5 Å². The predicted octanol–water partition coefficient (Wildman–Crippen LogP) is 3.62. The van der Waals surface area contributed by atoms with E-state index < -0.39 is 0 Å². The molecule has 0 fully saturated rings. The molecule has 1 heterocycles. The lowest BCUT2D eigenvalue weighted by Crippen LogP contribution is -2.11. The van der Waals surface area contributed by atoms with E-state index in [0.717, 1.165) is 16.8 Å². The largest absolute Gasteiger partial charge is 0.322 e. The van der Waals surface area contributed by atoms with E-state index in [2.05, 4.69) is 5.32 Å². The van der Waals surface area contributed by atoms with E-state index in [1.807, 2.05) is 48.9 Å². The van der Waals surface area contributed by atoms with Gasteiger partial charge in [0.15, 0.2) is 0 Å². The van der Waals surface area contributed by atoms with Crippen LogP contribution in [0.2, 0.25) is 0 Å². The molecule has 0 aliphatic rings. The maximum absolute atomic E-state index is 11.8. The smallest absolute Gasteiger partial charge is 0.256 e. The first-order valence-corrected chi connectivity index (χ1v) is 6.02. The Balaban J connectivity index is 2.21. The lowest BCUT2D eigenvalue weighted by Gasteiger charge is -2.08. The lowest BCUT2D eigenvalue weighted by atomic mass is 10.1. The summed E-state index contributed by atoms with van der Waals surface area (Å²) in [5.41, 5.74) is 3.82. The number of amides is 1. The Labute approximate surface area is 98.9 Å². The predicted molar refractivity (Wildman–Crippen MR) is 68.2 cm³/mol. The second-order valence-electron chi connectivity index (χ2n) is 3.78. The number of carbonyl (C=O) groups is 1. The minimum absolute atomic E-state index is 0.0463. The quantitative estimate of drug-likeness (QED) is 0.840. The highest BCUT2D eigenvalue weighted by Gasteiger charge is 2.07. The van der Waals surface area contributed by atoms with Gasteiger partial charge >= 0.3 is 0 Å². The van der Waals surface area contributed by atoms with Crippen LogP contribution in [-0.2, 0) is 0 Å². The monoisotopic (exact) mass is 231 g/mol. The van der Waals surface area contributed by atoms with E-state index in [1.165, 1.54) is 11.3 Å². The Bertz CT molecular complexity index is 503. The Morgan fingerprint density at radius 2 is 2.06 bits per heavy atom. The maximum Gasteiger partial charge on any atom is 0.256 e. The van der Waals surface area contributed by atoms with Gasteiger partial charge in [-0.2, -0.15) is 11.3 Å². The average molecular weight is 231 g/mol. The normalized spacial score (nSPS) is 10.1. The molecule has 1 aromatic carbocycles. The second-order valence-corrected chi connectivity index (χ2v) is 4.56. The number of rotatable bonds is 2. The van der Waals surface area contributed by atoms with Crippen molar-refractivity contribution in [3.63, 3.8) is 0 Å². The van der Waals surface area contributed by atoms with Crippen molar-refractivity contribution in [3.05, 3.63) is 51.7 Å². The van der Waals surface area contributed by atoms with Gasteiger partial charge in [0.1, 0.15) is 0 Å². The minimum Gasteiger partial charge on any atom is -0.322 e. The Kier molecular flexibility index (Phi) is 3.06. The van der Waals surface area contributed by atoms with E-state index in [4.69, 9.17) is 0 Å². The van der Waals surface area contributed by atoms with Crippen LogP contribution in [0, 0.1) is 13.8 Å². The van der Waals surface area contributed by atoms with E-state index in [9.17, 15) is 4.79 Å². The molecular weight excluding hydrogens is 218 g/mol. The Morgan fingerprint density at radius 3 is 2.75 bits per heavy atom. The second kappa shape index (κ2) is 4.49. The molecule has 2 aromatic rings. The lowest BCUT2D eigenvalue weighted by molar-refractivity contribution is 0.102. The molecule has 16 heavy (non-hydrogen) atoms. The molecule has 0 unspecified atom stereocenters. The summed E-state index contributed by atoms with van der Waals surface area (Å²) in [6.45, 7) is 4.00. The van der Waals surface area contributed by atoms with Gasteiger partial charge < -0.3 is 5.32 Å². The number of thiophene rings is 1. The molecule has 1 amide bonds. The van der Waals surface area contributed by atoms with Crippen LogP contribution in [0.25, 0.3) is 0 Å². The van der Waals surface area contributed by atoms with E-state index in [0.29, 0.717) is 5.56 Å². The first-order valence-electron chi connectivity index (χ1n) is 5.07. The standard InChI is InChI=1S/C13H13NOS/c1-9-3-4-10(2)12(7-9)14-13(15)11-5-6-16-8-11/h3-8H,1-2H3,(H,14,15). The molecule has 0 aliphatic carbocycles. The van der Waals surface area contributed by atoms with Crippen molar-refractivity contribution >= 4 is 22.9 Å². The van der Waals surface area contributed by atoms with Crippen LogP contribution in [0.3, 0.4) is 0 Å². The first-order chi connectivity index (χ1) is 7.66. The van der Waals surface area contributed by atoms with Gasteiger partial charge in [0.05, 0.1) is 5.56 Å². The Hall–Kier alpha value is -1.61. The highest BCUT2D eigenvalue weighted by molar-refractivity contribution is 7.08. The highest BCUT2D eigenvalue weighted by Crippen LogP contribution is 2.18. The van der Waals surface area contributed by atoms with Crippen molar-refractivity contribution in [2.45, 2.75) is 13.8 Å². The molecule has 0 atom stereocenters. The van der Waals surface area contributed by atoms with Crippen LogP contribution >= 0.6 is 11.3 Å². The number of benzene rings is 1. The average Bonchev–Trinajstić information content (AvgIpc) is 2.76. The van der Waals surface area contributed by atoms with Crippen molar-refractivity contribution in [1.29, 1.82) is 0 Å². The molecule has 0 bridgehead atoms. The fourth-order valence-corrected chi connectivity index (χ4v) is 2.09. The minimum atomic E-state index is -0.0463.